The Balaban J connectivity index is 2.36. The Morgan fingerprint density at radius 1 is 1.58 bits per heavy atom. The first kappa shape index (κ1) is 17.8. The van der Waals surface area contributed by atoms with Crippen molar-refractivity contribution in [1.82, 2.24) is 0 Å². The first-order valence-corrected chi connectivity index (χ1v) is 8.36. The van der Waals surface area contributed by atoms with E-state index in [1.54, 1.807) is 18.2 Å². The Hall–Kier alpha value is -3.05. The van der Waals surface area contributed by atoms with Crippen molar-refractivity contribution in [2.45, 2.75) is 12.3 Å². The van der Waals surface area contributed by atoms with Crippen LogP contribution in [0.1, 0.15) is 12.5 Å². The molecule has 26 heavy (non-hydrogen) atoms. The monoisotopic (exact) mass is 415 g/mol. The van der Waals surface area contributed by atoms with E-state index in [4.69, 9.17) is 15.2 Å². The SMILES string of the molecule is C=CCOC(=O)C1=C(C)OC(N)=C(C#N)C12C(=O)Nc1ccc(Br)cc12. The van der Waals surface area contributed by atoms with Gasteiger partial charge in [-0.15, -0.1) is 0 Å². The summed E-state index contributed by atoms with van der Waals surface area (Å²) < 4.78 is 11.2. The summed E-state index contributed by atoms with van der Waals surface area (Å²) in [5, 5.41) is 12.4. The molecule has 0 bridgehead atoms. The first-order valence-electron chi connectivity index (χ1n) is 7.57. The summed E-state index contributed by atoms with van der Waals surface area (Å²) in [5.41, 5.74) is 4.81. The second-order valence-electron chi connectivity index (χ2n) is 5.67. The van der Waals surface area contributed by atoms with Gasteiger partial charge in [0.25, 0.3) is 0 Å². The summed E-state index contributed by atoms with van der Waals surface area (Å²) in [4.78, 5) is 25.8. The molecule has 1 atom stereocenters. The first-order chi connectivity index (χ1) is 12.4. The van der Waals surface area contributed by atoms with E-state index in [0.717, 1.165) is 0 Å². The number of fused-ring (bicyclic) bond motifs is 2. The molecule has 132 valence electrons. The highest BCUT2D eigenvalue weighted by atomic mass is 79.9. The van der Waals surface area contributed by atoms with E-state index in [2.05, 4.69) is 27.8 Å². The van der Waals surface area contributed by atoms with Crippen LogP contribution in [0.5, 0.6) is 0 Å². The molecule has 0 fully saturated rings. The van der Waals surface area contributed by atoms with Gasteiger partial charge in [0.05, 0.1) is 0 Å². The van der Waals surface area contributed by atoms with E-state index >= 15 is 0 Å². The lowest BCUT2D eigenvalue weighted by molar-refractivity contribution is -0.140. The maximum Gasteiger partial charge on any atom is 0.339 e. The van der Waals surface area contributed by atoms with Gasteiger partial charge in [0.1, 0.15) is 29.6 Å². The maximum absolute atomic E-state index is 13.1. The molecule has 1 spiro atoms. The highest BCUT2D eigenvalue weighted by Gasteiger charge is 2.59. The normalized spacial score (nSPS) is 21.0. The van der Waals surface area contributed by atoms with Gasteiger partial charge >= 0.3 is 5.97 Å². The van der Waals surface area contributed by atoms with Crippen molar-refractivity contribution in [2.75, 3.05) is 11.9 Å². The topological polar surface area (TPSA) is 114 Å². The predicted octanol–water partition coefficient (Wildman–Crippen LogP) is 2.37. The standard InChI is InChI=1S/C18H14BrN3O4/c1-3-6-25-16(23)14-9(2)26-15(21)12(8-20)18(14)11-7-10(19)4-5-13(11)22-17(18)24/h3-5,7H,1,6,21H2,2H3,(H,22,24). The highest BCUT2D eigenvalue weighted by Crippen LogP contribution is 2.52. The molecule has 3 rings (SSSR count). The van der Waals surface area contributed by atoms with Crippen molar-refractivity contribution in [3.63, 3.8) is 0 Å². The molecular weight excluding hydrogens is 402 g/mol. The number of nitriles is 1. The van der Waals surface area contributed by atoms with Gasteiger partial charge in [0.2, 0.25) is 11.8 Å². The lowest BCUT2D eigenvalue weighted by atomic mass is 9.68. The lowest BCUT2D eigenvalue weighted by Gasteiger charge is -2.33. The van der Waals surface area contributed by atoms with Gasteiger partial charge in [-0.1, -0.05) is 28.6 Å². The average molecular weight is 416 g/mol. The van der Waals surface area contributed by atoms with Crippen LogP contribution in [0.3, 0.4) is 0 Å². The summed E-state index contributed by atoms with van der Waals surface area (Å²) in [6.07, 6.45) is 1.40. The van der Waals surface area contributed by atoms with Crippen LogP contribution >= 0.6 is 15.9 Å². The number of nitrogens with one attached hydrogen (secondary N) is 1. The largest absolute Gasteiger partial charge is 0.458 e. The molecule has 1 aromatic rings. The number of ether oxygens (including phenoxy) is 2. The number of carbonyl (C=O) groups excluding carboxylic acids is 2. The van der Waals surface area contributed by atoms with E-state index in [-0.39, 0.29) is 29.4 Å². The van der Waals surface area contributed by atoms with Crippen LogP contribution in [-0.2, 0) is 24.5 Å². The lowest BCUT2D eigenvalue weighted by Crippen LogP contribution is -2.45. The summed E-state index contributed by atoms with van der Waals surface area (Å²) in [7, 11) is 0. The number of esters is 1. The minimum absolute atomic E-state index is 0.0558. The number of allylic oxidation sites excluding steroid dienone is 1. The number of hydrogen-bond acceptors (Lipinski definition) is 6. The number of amides is 1. The van der Waals surface area contributed by atoms with E-state index in [1.165, 1.54) is 13.0 Å². The van der Waals surface area contributed by atoms with Crippen LogP contribution in [0, 0.1) is 11.3 Å². The van der Waals surface area contributed by atoms with Gasteiger partial charge < -0.3 is 20.5 Å². The van der Waals surface area contributed by atoms with Crippen LogP contribution in [0.15, 0.2) is 58.1 Å². The smallest absolute Gasteiger partial charge is 0.339 e. The van der Waals surface area contributed by atoms with Gasteiger partial charge in [0.15, 0.2) is 5.41 Å². The van der Waals surface area contributed by atoms with Gasteiger partial charge in [-0.3, -0.25) is 4.79 Å². The Labute approximate surface area is 157 Å². The number of halogens is 1. The molecule has 8 heteroatoms. The zero-order chi connectivity index (χ0) is 19.1. The average Bonchev–Trinajstić information content (AvgIpc) is 2.86. The van der Waals surface area contributed by atoms with Crippen molar-refractivity contribution in [1.29, 1.82) is 5.26 Å². The molecule has 7 nitrogen and oxygen atoms in total. The molecule has 0 saturated heterocycles. The third kappa shape index (κ3) is 2.32. The second kappa shape index (κ2) is 6.35. The quantitative estimate of drug-likeness (QED) is 0.578. The minimum atomic E-state index is -1.74. The van der Waals surface area contributed by atoms with Gasteiger partial charge in [-0.05, 0) is 25.1 Å². The fraction of sp³-hybridized carbons (Fsp3) is 0.167. The zero-order valence-electron chi connectivity index (χ0n) is 13.8. The van der Waals surface area contributed by atoms with Crippen molar-refractivity contribution < 1.29 is 19.1 Å². The van der Waals surface area contributed by atoms with E-state index in [1.807, 2.05) is 6.07 Å². The van der Waals surface area contributed by atoms with E-state index in [9.17, 15) is 14.9 Å². The van der Waals surface area contributed by atoms with Crippen molar-refractivity contribution in [3.8, 4) is 6.07 Å². The van der Waals surface area contributed by atoms with Crippen LogP contribution in [0.2, 0.25) is 0 Å². The number of rotatable bonds is 3. The number of hydrogen-bond donors (Lipinski definition) is 2. The predicted molar refractivity (Wildman–Crippen MR) is 96.2 cm³/mol. The van der Waals surface area contributed by atoms with Crippen molar-refractivity contribution in [3.05, 3.63) is 63.7 Å². The highest BCUT2D eigenvalue weighted by molar-refractivity contribution is 9.10. The molecule has 0 saturated carbocycles. The Morgan fingerprint density at radius 3 is 2.96 bits per heavy atom. The molecular formula is C18H14BrN3O4. The minimum Gasteiger partial charge on any atom is -0.458 e. The number of benzene rings is 1. The summed E-state index contributed by atoms with van der Waals surface area (Å²) in [6, 6.07) is 7.01. The van der Waals surface area contributed by atoms with Crippen LogP contribution < -0.4 is 11.1 Å². The van der Waals surface area contributed by atoms with E-state index < -0.39 is 17.3 Å². The number of nitrogens with two attached hydrogens (primary N) is 1. The number of nitrogens with zero attached hydrogens (tertiary/aromatic N) is 1. The maximum atomic E-state index is 13.1. The molecule has 0 aromatic heterocycles. The fourth-order valence-electron chi connectivity index (χ4n) is 3.25. The number of anilines is 1. The molecule has 2 heterocycles. The molecule has 3 N–H and O–H groups in total. The Morgan fingerprint density at radius 2 is 2.31 bits per heavy atom. The van der Waals surface area contributed by atoms with Crippen molar-refractivity contribution >= 4 is 33.5 Å². The number of carbonyl (C=O) groups is 2. The van der Waals surface area contributed by atoms with Crippen LogP contribution in [-0.4, -0.2) is 18.5 Å². The summed E-state index contributed by atoms with van der Waals surface area (Å²) >= 11 is 3.36. The molecule has 1 amide bonds. The van der Waals surface area contributed by atoms with Gasteiger partial charge in [-0.25, -0.2) is 4.79 Å². The molecule has 2 aliphatic rings. The second-order valence-corrected chi connectivity index (χ2v) is 6.58. The van der Waals surface area contributed by atoms with Gasteiger partial charge in [0, 0.05) is 15.7 Å². The Bertz CT molecular complexity index is 958. The summed E-state index contributed by atoms with van der Waals surface area (Å²) in [6.45, 7) is 4.94. The van der Waals surface area contributed by atoms with Crippen LogP contribution in [0.4, 0.5) is 5.69 Å². The molecule has 1 unspecified atom stereocenters. The third-order valence-electron chi connectivity index (χ3n) is 4.23. The van der Waals surface area contributed by atoms with Crippen molar-refractivity contribution in [2.24, 2.45) is 5.73 Å². The van der Waals surface area contributed by atoms with Crippen LogP contribution in [0.25, 0.3) is 0 Å². The fourth-order valence-corrected chi connectivity index (χ4v) is 3.61. The molecule has 2 aliphatic heterocycles. The zero-order valence-corrected chi connectivity index (χ0v) is 15.3. The summed E-state index contributed by atoms with van der Waals surface area (Å²) in [5.74, 6) is -1.49. The third-order valence-corrected chi connectivity index (χ3v) is 4.73. The molecule has 1 aromatic carbocycles. The Kier molecular flexibility index (Phi) is 4.34. The molecule has 0 aliphatic carbocycles. The molecule has 0 radical (unpaired) electrons. The van der Waals surface area contributed by atoms with E-state index in [0.29, 0.717) is 15.7 Å². The van der Waals surface area contributed by atoms with Gasteiger partial charge in [-0.2, -0.15) is 5.26 Å².